The highest BCUT2D eigenvalue weighted by atomic mass is 35.5. The Labute approximate surface area is 116 Å². The van der Waals surface area contributed by atoms with Crippen molar-refractivity contribution >= 4 is 28.5 Å². The number of hydrogen-bond acceptors (Lipinski definition) is 3. The van der Waals surface area contributed by atoms with E-state index >= 15 is 0 Å². The van der Waals surface area contributed by atoms with E-state index in [0.29, 0.717) is 11.4 Å². The van der Waals surface area contributed by atoms with Crippen LogP contribution in [0, 0.1) is 0 Å². The maximum absolute atomic E-state index is 12.5. The summed E-state index contributed by atoms with van der Waals surface area (Å²) in [5, 5.41) is 0. The van der Waals surface area contributed by atoms with Gasteiger partial charge in [0.2, 0.25) is 0 Å². The molecule has 1 fully saturated rings. The lowest BCUT2D eigenvalue weighted by atomic mass is 10.1. The summed E-state index contributed by atoms with van der Waals surface area (Å²) < 4.78 is 0. The zero-order valence-electron chi connectivity index (χ0n) is 10.4. The minimum Gasteiger partial charge on any atom is -0.334 e. The summed E-state index contributed by atoms with van der Waals surface area (Å²) in [6, 6.07) is 5.60. The van der Waals surface area contributed by atoms with Gasteiger partial charge >= 0.3 is 0 Å². The molecule has 98 valence electrons. The molecule has 5 heteroatoms. The van der Waals surface area contributed by atoms with Crippen LogP contribution >= 0.6 is 11.6 Å². The van der Waals surface area contributed by atoms with E-state index in [-0.39, 0.29) is 11.9 Å². The number of carbonyl (C=O) groups is 1. The van der Waals surface area contributed by atoms with E-state index in [1.165, 1.54) is 0 Å². The minimum absolute atomic E-state index is 0.0377. The average molecular weight is 276 g/mol. The van der Waals surface area contributed by atoms with Gasteiger partial charge in [0.1, 0.15) is 0 Å². The molecule has 19 heavy (non-hydrogen) atoms. The van der Waals surface area contributed by atoms with E-state index in [1.807, 2.05) is 17.0 Å². The summed E-state index contributed by atoms with van der Waals surface area (Å²) >= 11 is 5.91. The van der Waals surface area contributed by atoms with Gasteiger partial charge in [-0.05, 0) is 31.0 Å². The molecule has 0 aliphatic carbocycles. The first-order valence-electron chi connectivity index (χ1n) is 6.37. The minimum atomic E-state index is 0.0377. The summed E-state index contributed by atoms with van der Waals surface area (Å²) in [7, 11) is 0. The third-order valence-corrected chi connectivity index (χ3v) is 3.89. The first-order chi connectivity index (χ1) is 9.29. The topological polar surface area (TPSA) is 46.1 Å². The summed E-state index contributed by atoms with van der Waals surface area (Å²) in [6.07, 6.45) is 5.29. The summed E-state index contributed by atoms with van der Waals surface area (Å²) in [5.74, 6) is 0.537. The molecule has 2 aromatic rings. The molecular formula is C14H14ClN3O. The van der Waals surface area contributed by atoms with Gasteiger partial charge in [-0.15, -0.1) is 11.6 Å². The van der Waals surface area contributed by atoms with Gasteiger partial charge in [-0.3, -0.25) is 14.8 Å². The molecule has 2 heterocycles. The molecular weight excluding hydrogens is 262 g/mol. The molecule has 0 radical (unpaired) electrons. The Morgan fingerprint density at radius 2 is 2.11 bits per heavy atom. The number of rotatable bonds is 2. The molecule has 1 saturated heterocycles. The molecule has 0 spiro atoms. The van der Waals surface area contributed by atoms with E-state index in [2.05, 4.69) is 9.97 Å². The number of amides is 1. The van der Waals surface area contributed by atoms with Crippen molar-refractivity contribution in [3.05, 3.63) is 36.2 Å². The Balaban J connectivity index is 1.93. The lowest BCUT2D eigenvalue weighted by molar-refractivity contribution is 0.0749. The Morgan fingerprint density at radius 1 is 1.32 bits per heavy atom. The lowest BCUT2D eigenvalue weighted by Crippen LogP contribution is -2.36. The van der Waals surface area contributed by atoms with Crippen LogP contribution in [0.5, 0.6) is 0 Å². The maximum Gasteiger partial charge on any atom is 0.254 e. The Hall–Kier alpha value is -1.68. The normalized spacial score (nSPS) is 19.0. The zero-order chi connectivity index (χ0) is 13.2. The molecule has 1 aliphatic heterocycles. The smallest absolute Gasteiger partial charge is 0.254 e. The SMILES string of the molecule is O=C(c1ccc2nccnc2c1)N1CCCC1CCl. The molecule has 1 unspecified atom stereocenters. The fourth-order valence-electron chi connectivity index (χ4n) is 2.53. The predicted molar refractivity (Wildman–Crippen MR) is 74.3 cm³/mol. The standard InChI is InChI=1S/C14H14ClN3O/c15-9-11-2-1-7-18(11)14(19)10-3-4-12-13(8-10)17-6-5-16-12/h3-6,8,11H,1-2,7,9H2. The predicted octanol–water partition coefficient (Wildman–Crippen LogP) is 2.47. The van der Waals surface area contributed by atoms with Crippen LogP contribution in [0.1, 0.15) is 23.2 Å². The van der Waals surface area contributed by atoms with E-state index < -0.39 is 0 Å². The highest BCUT2D eigenvalue weighted by Crippen LogP contribution is 2.22. The van der Waals surface area contributed by atoms with Gasteiger partial charge in [0.25, 0.3) is 5.91 Å². The average Bonchev–Trinajstić information content (AvgIpc) is 2.94. The summed E-state index contributed by atoms with van der Waals surface area (Å²) in [6.45, 7) is 0.786. The second kappa shape index (κ2) is 5.13. The monoisotopic (exact) mass is 275 g/mol. The van der Waals surface area contributed by atoms with Crippen molar-refractivity contribution < 1.29 is 4.79 Å². The molecule has 1 aromatic heterocycles. The number of benzene rings is 1. The largest absolute Gasteiger partial charge is 0.334 e. The van der Waals surface area contributed by atoms with Crippen LogP contribution in [-0.2, 0) is 0 Å². The van der Waals surface area contributed by atoms with Crippen LogP contribution in [0.2, 0.25) is 0 Å². The highest BCUT2D eigenvalue weighted by molar-refractivity contribution is 6.18. The van der Waals surface area contributed by atoms with Crippen molar-refractivity contribution in [1.29, 1.82) is 0 Å². The van der Waals surface area contributed by atoms with Gasteiger partial charge in [0, 0.05) is 36.4 Å². The fourth-order valence-corrected chi connectivity index (χ4v) is 2.85. The van der Waals surface area contributed by atoms with Gasteiger partial charge in [0.15, 0.2) is 0 Å². The molecule has 3 rings (SSSR count). The number of fused-ring (bicyclic) bond motifs is 1. The highest BCUT2D eigenvalue weighted by Gasteiger charge is 2.28. The molecule has 4 nitrogen and oxygen atoms in total. The quantitative estimate of drug-likeness (QED) is 0.791. The number of alkyl halides is 1. The van der Waals surface area contributed by atoms with Crippen LogP contribution < -0.4 is 0 Å². The van der Waals surface area contributed by atoms with E-state index in [1.54, 1.807) is 18.5 Å². The number of hydrogen-bond donors (Lipinski definition) is 0. The summed E-state index contributed by atoms with van der Waals surface area (Å²) in [4.78, 5) is 22.8. The second-order valence-corrected chi connectivity index (χ2v) is 5.02. The Kier molecular flexibility index (Phi) is 3.34. The van der Waals surface area contributed by atoms with Crippen molar-refractivity contribution in [2.45, 2.75) is 18.9 Å². The van der Waals surface area contributed by atoms with E-state index in [0.717, 1.165) is 30.4 Å². The third-order valence-electron chi connectivity index (χ3n) is 3.53. The lowest BCUT2D eigenvalue weighted by Gasteiger charge is -2.23. The van der Waals surface area contributed by atoms with Gasteiger partial charge in [-0.25, -0.2) is 0 Å². The van der Waals surface area contributed by atoms with Crippen molar-refractivity contribution in [2.75, 3.05) is 12.4 Å². The van der Waals surface area contributed by atoms with E-state index in [4.69, 9.17) is 11.6 Å². The summed E-state index contributed by atoms with van der Waals surface area (Å²) in [5.41, 5.74) is 2.20. The molecule has 1 aliphatic rings. The van der Waals surface area contributed by atoms with Gasteiger partial charge in [-0.2, -0.15) is 0 Å². The molecule has 1 aromatic carbocycles. The van der Waals surface area contributed by atoms with Crippen LogP contribution in [-0.4, -0.2) is 39.2 Å². The molecule has 0 saturated carbocycles. The Morgan fingerprint density at radius 3 is 2.89 bits per heavy atom. The molecule has 1 amide bonds. The van der Waals surface area contributed by atoms with Crippen LogP contribution in [0.15, 0.2) is 30.6 Å². The fraction of sp³-hybridized carbons (Fsp3) is 0.357. The van der Waals surface area contributed by atoms with Crippen LogP contribution in [0.3, 0.4) is 0 Å². The zero-order valence-corrected chi connectivity index (χ0v) is 11.2. The number of carbonyl (C=O) groups excluding carboxylic acids is 1. The molecule has 0 bridgehead atoms. The molecule has 0 N–H and O–H groups in total. The van der Waals surface area contributed by atoms with Crippen molar-refractivity contribution in [3.63, 3.8) is 0 Å². The van der Waals surface area contributed by atoms with Crippen molar-refractivity contribution in [1.82, 2.24) is 14.9 Å². The number of likely N-dealkylation sites (tertiary alicyclic amines) is 1. The van der Waals surface area contributed by atoms with Crippen LogP contribution in [0.4, 0.5) is 0 Å². The molecule has 1 atom stereocenters. The first kappa shape index (κ1) is 12.4. The van der Waals surface area contributed by atoms with E-state index in [9.17, 15) is 4.79 Å². The van der Waals surface area contributed by atoms with Gasteiger partial charge in [0.05, 0.1) is 11.0 Å². The number of nitrogens with zero attached hydrogens (tertiary/aromatic N) is 3. The van der Waals surface area contributed by atoms with Crippen molar-refractivity contribution in [3.8, 4) is 0 Å². The van der Waals surface area contributed by atoms with Gasteiger partial charge in [-0.1, -0.05) is 0 Å². The van der Waals surface area contributed by atoms with Crippen LogP contribution in [0.25, 0.3) is 11.0 Å². The number of aromatic nitrogens is 2. The maximum atomic E-state index is 12.5. The number of halogens is 1. The third kappa shape index (κ3) is 2.28. The second-order valence-electron chi connectivity index (χ2n) is 4.71. The van der Waals surface area contributed by atoms with Gasteiger partial charge < -0.3 is 4.90 Å². The Bertz CT molecular complexity index is 616. The first-order valence-corrected chi connectivity index (χ1v) is 6.91. The van der Waals surface area contributed by atoms with Crippen molar-refractivity contribution in [2.24, 2.45) is 0 Å².